The van der Waals surface area contributed by atoms with Crippen LogP contribution in [0.15, 0.2) is 31.0 Å². The number of ketones is 1. The van der Waals surface area contributed by atoms with Gasteiger partial charge in [-0.15, -0.1) is 0 Å². The lowest BCUT2D eigenvalue weighted by Crippen LogP contribution is -2.17. The summed E-state index contributed by atoms with van der Waals surface area (Å²) in [6.45, 7) is 7.44. The van der Waals surface area contributed by atoms with Gasteiger partial charge in [-0.2, -0.15) is 0 Å². The Morgan fingerprint density at radius 1 is 0.960 bits per heavy atom. The zero-order valence-electron chi connectivity index (χ0n) is 13.7. The van der Waals surface area contributed by atoms with Crippen LogP contribution in [-0.4, -0.2) is 26.1 Å². The molecular formula is C20H15NO4. The molecule has 124 valence electrons. The highest BCUT2D eigenvalue weighted by Crippen LogP contribution is 2.48. The van der Waals surface area contributed by atoms with E-state index in [0.29, 0.717) is 44.3 Å². The first kappa shape index (κ1) is 15.2. The minimum absolute atomic E-state index is 0.00576. The number of fused-ring (bicyclic) bond motifs is 4. The Morgan fingerprint density at radius 3 is 2.36 bits per heavy atom. The van der Waals surface area contributed by atoms with Crippen molar-refractivity contribution >= 4 is 22.3 Å². The molecule has 0 saturated carbocycles. The molecule has 0 bridgehead atoms. The molecule has 3 aromatic rings. The normalized spacial score (nSPS) is 13.0. The Bertz CT molecular complexity index is 1130. The minimum Gasteiger partial charge on any atom is -0.508 e. The number of carbonyl (C=O) groups is 1. The van der Waals surface area contributed by atoms with Crippen LogP contribution in [0.5, 0.6) is 17.2 Å². The maximum Gasteiger partial charge on any atom is 0.198 e. The smallest absolute Gasteiger partial charge is 0.198 e. The predicted molar refractivity (Wildman–Crippen MR) is 94.2 cm³/mol. The number of hydrogen-bond donors (Lipinski definition) is 3. The van der Waals surface area contributed by atoms with Crippen molar-refractivity contribution in [3.05, 3.63) is 64.4 Å². The maximum atomic E-state index is 13.2. The van der Waals surface area contributed by atoms with Gasteiger partial charge in [-0.1, -0.05) is 12.6 Å². The first-order chi connectivity index (χ1) is 11.8. The van der Waals surface area contributed by atoms with Gasteiger partial charge in [-0.25, -0.2) is 0 Å². The third-order valence-corrected chi connectivity index (χ3v) is 4.88. The van der Waals surface area contributed by atoms with E-state index in [1.807, 2.05) is 0 Å². The molecule has 3 N–H and O–H groups in total. The summed E-state index contributed by atoms with van der Waals surface area (Å²) < 4.78 is 0. The standard InChI is InChI=1S/C20H15NO4/c1-8-12(22)7-13(23)17-14(8)9(2)15-10(3)19(24)18-11(5-4-6-21-18)16(15)20(17)25/h4-7,22-24H,2H2,1,3H3. The topological polar surface area (TPSA) is 90.7 Å². The molecule has 2 aromatic carbocycles. The average Bonchev–Trinajstić information content (AvgIpc) is 2.59. The van der Waals surface area contributed by atoms with E-state index >= 15 is 0 Å². The predicted octanol–water partition coefficient (Wildman–Crippen LogP) is 3.57. The van der Waals surface area contributed by atoms with Crippen LogP contribution in [0.3, 0.4) is 0 Å². The van der Waals surface area contributed by atoms with Gasteiger partial charge in [0, 0.05) is 39.9 Å². The molecule has 1 aliphatic carbocycles. The highest BCUT2D eigenvalue weighted by atomic mass is 16.3. The summed E-state index contributed by atoms with van der Waals surface area (Å²) in [4.78, 5) is 17.4. The quantitative estimate of drug-likeness (QED) is 0.457. The molecule has 5 nitrogen and oxygen atoms in total. The minimum atomic E-state index is -0.376. The number of hydrogen-bond acceptors (Lipinski definition) is 5. The van der Waals surface area contributed by atoms with Gasteiger partial charge in [-0.05, 0) is 31.1 Å². The Hall–Kier alpha value is -3.34. The van der Waals surface area contributed by atoms with Crippen molar-refractivity contribution in [1.82, 2.24) is 4.98 Å². The summed E-state index contributed by atoms with van der Waals surface area (Å²) in [5.41, 5.74) is 3.16. The molecule has 0 spiro atoms. The third-order valence-electron chi connectivity index (χ3n) is 4.88. The van der Waals surface area contributed by atoms with Crippen molar-refractivity contribution in [2.75, 3.05) is 0 Å². The molecule has 0 fully saturated rings. The van der Waals surface area contributed by atoms with Crippen molar-refractivity contribution in [3.63, 3.8) is 0 Å². The zero-order valence-corrected chi connectivity index (χ0v) is 13.7. The van der Waals surface area contributed by atoms with Crippen molar-refractivity contribution in [2.24, 2.45) is 0 Å². The van der Waals surface area contributed by atoms with Crippen molar-refractivity contribution in [2.45, 2.75) is 13.8 Å². The highest BCUT2D eigenvalue weighted by Gasteiger charge is 2.35. The van der Waals surface area contributed by atoms with Crippen molar-refractivity contribution < 1.29 is 20.1 Å². The van der Waals surface area contributed by atoms with Gasteiger partial charge in [0.15, 0.2) is 5.78 Å². The van der Waals surface area contributed by atoms with E-state index in [2.05, 4.69) is 11.6 Å². The number of carbonyl (C=O) groups excluding carboxylic acids is 1. The molecule has 1 heterocycles. The summed E-state index contributed by atoms with van der Waals surface area (Å²) in [7, 11) is 0. The molecule has 0 aliphatic heterocycles. The second-order valence-corrected chi connectivity index (χ2v) is 6.22. The Kier molecular flexibility index (Phi) is 2.94. The van der Waals surface area contributed by atoms with Crippen LogP contribution in [0.2, 0.25) is 0 Å². The van der Waals surface area contributed by atoms with E-state index in [9.17, 15) is 20.1 Å². The van der Waals surface area contributed by atoms with Crippen LogP contribution < -0.4 is 0 Å². The van der Waals surface area contributed by atoms with Crippen LogP contribution in [0.25, 0.3) is 16.5 Å². The number of aromatic nitrogens is 1. The van der Waals surface area contributed by atoms with Gasteiger partial charge < -0.3 is 15.3 Å². The molecule has 0 amide bonds. The number of aromatic hydroxyl groups is 3. The number of phenolic OH excluding ortho intramolecular Hbond substituents is 3. The van der Waals surface area contributed by atoms with Crippen LogP contribution >= 0.6 is 0 Å². The summed E-state index contributed by atoms with van der Waals surface area (Å²) in [5.74, 6) is -0.788. The summed E-state index contributed by atoms with van der Waals surface area (Å²) in [6.07, 6.45) is 1.55. The number of pyridine rings is 1. The van der Waals surface area contributed by atoms with Crippen LogP contribution in [0, 0.1) is 13.8 Å². The highest BCUT2D eigenvalue weighted by molar-refractivity contribution is 6.26. The lowest BCUT2D eigenvalue weighted by Gasteiger charge is -2.27. The van der Waals surface area contributed by atoms with Gasteiger partial charge >= 0.3 is 0 Å². The SMILES string of the molecule is C=C1c2c(C)c(O)cc(O)c2C(=O)c2c1c(C)c(O)c1ncccc21. The van der Waals surface area contributed by atoms with E-state index in [-0.39, 0.29) is 28.6 Å². The first-order valence-electron chi connectivity index (χ1n) is 7.74. The summed E-state index contributed by atoms with van der Waals surface area (Å²) in [6, 6.07) is 4.56. The molecule has 25 heavy (non-hydrogen) atoms. The fourth-order valence-electron chi connectivity index (χ4n) is 3.64. The largest absolute Gasteiger partial charge is 0.508 e. The summed E-state index contributed by atoms with van der Waals surface area (Å²) in [5, 5.41) is 31.3. The monoisotopic (exact) mass is 333 g/mol. The Balaban J connectivity index is 2.23. The molecule has 0 radical (unpaired) electrons. The number of benzene rings is 2. The van der Waals surface area contributed by atoms with Gasteiger partial charge in [0.1, 0.15) is 22.8 Å². The maximum absolute atomic E-state index is 13.2. The van der Waals surface area contributed by atoms with E-state index in [4.69, 9.17) is 0 Å². The molecule has 0 atom stereocenters. The van der Waals surface area contributed by atoms with Crippen LogP contribution in [0.4, 0.5) is 0 Å². The molecule has 0 saturated heterocycles. The van der Waals surface area contributed by atoms with Crippen molar-refractivity contribution in [3.8, 4) is 17.2 Å². The lowest BCUT2D eigenvalue weighted by atomic mass is 9.76. The molecule has 4 rings (SSSR count). The van der Waals surface area contributed by atoms with Crippen LogP contribution in [-0.2, 0) is 0 Å². The number of rotatable bonds is 0. The van der Waals surface area contributed by atoms with Gasteiger partial charge in [0.25, 0.3) is 0 Å². The second-order valence-electron chi connectivity index (χ2n) is 6.22. The number of nitrogens with zero attached hydrogens (tertiary/aromatic N) is 1. The van der Waals surface area contributed by atoms with Crippen molar-refractivity contribution in [1.29, 1.82) is 0 Å². The Morgan fingerprint density at radius 2 is 1.64 bits per heavy atom. The van der Waals surface area contributed by atoms with E-state index in [0.717, 1.165) is 6.07 Å². The second kappa shape index (κ2) is 4.83. The molecule has 1 aliphatic rings. The van der Waals surface area contributed by atoms with Crippen LogP contribution in [0.1, 0.15) is 38.2 Å². The Labute approximate surface area is 143 Å². The van der Waals surface area contributed by atoms with Gasteiger partial charge in [0.2, 0.25) is 0 Å². The zero-order chi connectivity index (χ0) is 18.0. The first-order valence-corrected chi connectivity index (χ1v) is 7.74. The molecule has 0 unspecified atom stereocenters. The molecular weight excluding hydrogens is 318 g/mol. The van der Waals surface area contributed by atoms with E-state index in [1.54, 1.807) is 32.2 Å². The van der Waals surface area contributed by atoms with Gasteiger partial charge in [0.05, 0.1) is 5.56 Å². The van der Waals surface area contributed by atoms with Gasteiger partial charge in [-0.3, -0.25) is 9.78 Å². The average molecular weight is 333 g/mol. The third kappa shape index (κ3) is 1.78. The summed E-state index contributed by atoms with van der Waals surface area (Å²) >= 11 is 0. The fraction of sp³-hybridized carbons (Fsp3) is 0.100. The van der Waals surface area contributed by atoms with E-state index < -0.39 is 0 Å². The van der Waals surface area contributed by atoms with E-state index in [1.165, 1.54) is 0 Å². The molecule has 1 aromatic heterocycles. The molecule has 5 heteroatoms. The fourth-order valence-corrected chi connectivity index (χ4v) is 3.64. The number of phenols is 3. The lowest BCUT2D eigenvalue weighted by molar-refractivity contribution is 0.103.